The van der Waals surface area contributed by atoms with Gasteiger partial charge in [0.1, 0.15) is 18.5 Å². The lowest BCUT2D eigenvalue weighted by atomic mass is 9.95. The highest BCUT2D eigenvalue weighted by Crippen LogP contribution is 2.17. The van der Waals surface area contributed by atoms with Crippen LogP contribution in [-0.2, 0) is 6.54 Å². The number of nitrogens with zero attached hydrogens (tertiary/aromatic N) is 1. The van der Waals surface area contributed by atoms with Crippen molar-refractivity contribution in [2.45, 2.75) is 50.4 Å². The molecule has 5 heteroatoms. The molecule has 0 saturated carbocycles. The van der Waals surface area contributed by atoms with E-state index in [0.29, 0.717) is 39.1 Å². The Morgan fingerprint density at radius 1 is 1.11 bits per heavy atom. The van der Waals surface area contributed by atoms with Crippen LogP contribution in [0.4, 0.5) is 0 Å². The SMILES string of the molecule is C=CCC(O)(CC=C)CNCc1ccc(OC[C@H](O)CN2CCCCC2)cc1. The van der Waals surface area contributed by atoms with Crippen molar-refractivity contribution in [2.75, 3.05) is 32.8 Å². The fourth-order valence-electron chi connectivity index (χ4n) is 3.59. The first-order chi connectivity index (χ1) is 13.5. The highest BCUT2D eigenvalue weighted by Gasteiger charge is 2.23. The van der Waals surface area contributed by atoms with E-state index in [9.17, 15) is 10.2 Å². The molecule has 28 heavy (non-hydrogen) atoms. The van der Waals surface area contributed by atoms with E-state index in [0.717, 1.165) is 24.4 Å². The van der Waals surface area contributed by atoms with E-state index in [4.69, 9.17) is 4.74 Å². The van der Waals surface area contributed by atoms with Crippen LogP contribution in [-0.4, -0.2) is 59.6 Å². The van der Waals surface area contributed by atoms with Crippen molar-refractivity contribution in [1.29, 1.82) is 0 Å². The van der Waals surface area contributed by atoms with Crippen molar-refractivity contribution < 1.29 is 14.9 Å². The molecule has 1 aliphatic rings. The summed E-state index contributed by atoms with van der Waals surface area (Å²) in [6.45, 7) is 11.7. The molecule has 1 aromatic rings. The van der Waals surface area contributed by atoms with Gasteiger partial charge in [-0.25, -0.2) is 0 Å². The lowest BCUT2D eigenvalue weighted by Crippen LogP contribution is -2.39. The maximum Gasteiger partial charge on any atom is 0.119 e. The van der Waals surface area contributed by atoms with Crippen LogP contribution in [0.15, 0.2) is 49.6 Å². The third kappa shape index (κ3) is 8.15. The van der Waals surface area contributed by atoms with Gasteiger partial charge in [-0.3, -0.25) is 0 Å². The molecule has 0 amide bonds. The van der Waals surface area contributed by atoms with E-state index >= 15 is 0 Å². The maximum atomic E-state index is 10.5. The van der Waals surface area contributed by atoms with Crippen LogP contribution >= 0.6 is 0 Å². The fraction of sp³-hybridized carbons (Fsp3) is 0.565. The molecule has 1 aliphatic heterocycles. The zero-order chi connectivity index (χ0) is 20.2. The van der Waals surface area contributed by atoms with Gasteiger partial charge in [0.2, 0.25) is 0 Å². The summed E-state index contributed by atoms with van der Waals surface area (Å²) < 4.78 is 5.73. The minimum atomic E-state index is -0.836. The number of aliphatic hydroxyl groups excluding tert-OH is 1. The van der Waals surface area contributed by atoms with E-state index < -0.39 is 11.7 Å². The quantitative estimate of drug-likeness (QED) is 0.454. The Balaban J connectivity index is 1.70. The Morgan fingerprint density at radius 2 is 1.75 bits per heavy atom. The van der Waals surface area contributed by atoms with E-state index in [1.165, 1.54) is 19.3 Å². The van der Waals surface area contributed by atoms with Crippen LogP contribution in [0.5, 0.6) is 5.75 Å². The molecule has 1 fully saturated rings. The molecule has 1 heterocycles. The second-order valence-electron chi connectivity index (χ2n) is 7.78. The Labute approximate surface area is 169 Å². The molecule has 1 aromatic carbocycles. The molecule has 1 atom stereocenters. The van der Waals surface area contributed by atoms with Crippen LogP contribution in [0.3, 0.4) is 0 Å². The third-order valence-corrected chi connectivity index (χ3v) is 5.12. The number of ether oxygens (including phenoxy) is 1. The minimum Gasteiger partial charge on any atom is -0.491 e. The van der Waals surface area contributed by atoms with Gasteiger partial charge in [-0.15, -0.1) is 13.2 Å². The summed E-state index contributed by atoms with van der Waals surface area (Å²) in [5.41, 5.74) is 0.276. The van der Waals surface area contributed by atoms with Gasteiger partial charge in [0.25, 0.3) is 0 Å². The number of piperidine rings is 1. The predicted molar refractivity (Wildman–Crippen MR) is 115 cm³/mol. The van der Waals surface area contributed by atoms with Crippen molar-refractivity contribution in [3.05, 3.63) is 55.1 Å². The van der Waals surface area contributed by atoms with Crippen LogP contribution in [0.25, 0.3) is 0 Å². The van der Waals surface area contributed by atoms with Crippen molar-refractivity contribution >= 4 is 0 Å². The van der Waals surface area contributed by atoms with Crippen LogP contribution in [0.1, 0.15) is 37.7 Å². The van der Waals surface area contributed by atoms with E-state index in [1.54, 1.807) is 12.2 Å². The van der Waals surface area contributed by atoms with Gasteiger partial charge in [-0.1, -0.05) is 30.7 Å². The van der Waals surface area contributed by atoms with Crippen LogP contribution in [0, 0.1) is 0 Å². The standard InChI is InChI=1S/C23H36N2O3/c1-3-12-23(27,13-4-2)19-24-16-20-8-10-22(11-9-20)28-18-21(26)17-25-14-6-5-7-15-25/h3-4,8-11,21,24,26-27H,1-2,5-7,12-19H2/t21-/m1/s1. The lowest BCUT2D eigenvalue weighted by Gasteiger charge is -2.28. The molecule has 0 aromatic heterocycles. The first-order valence-electron chi connectivity index (χ1n) is 10.3. The van der Waals surface area contributed by atoms with Gasteiger partial charge in [0, 0.05) is 19.6 Å². The van der Waals surface area contributed by atoms with E-state index in [1.807, 2.05) is 24.3 Å². The summed E-state index contributed by atoms with van der Waals surface area (Å²) in [6, 6.07) is 7.84. The second-order valence-corrected chi connectivity index (χ2v) is 7.78. The van der Waals surface area contributed by atoms with Gasteiger partial charge < -0.3 is 25.2 Å². The summed E-state index contributed by atoms with van der Waals surface area (Å²) in [4.78, 5) is 2.31. The normalized spacial score (nSPS) is 16.5. The second kappa shape index (κ2) is 12.0. The Bertz CT molecular complexity index is 572. The Kier molecular flexibility index (Phi) is 9.71. The van der Waals surface area contributed by atoms with Gasteiger partial charge in [-0.05, 0) is 56.5 Å². The number of rotatable bonds is 13. The highest BCUT2D eigenvalue weighted by molar-refractivity contribution is 5.27. The maximum absolute atomic E-state index is 10.5. The van der Waals surface area contributed by atoms with E-state index in [-0.39, 0.29) is 0 Å². The summed E-state index contributed by atoms with van der Waals surface area (Å²) in [7, 11) is 0. The molecular formula is C23H36N2O3. The molecule has 0 spiro atoms. The summed E-state index contributed by atoms with van der Waals surface area (Å²) in [5.74, 6) is 0.760. The number of aliphatic hydroxyl groups is 2. The monoisotopic (exact) mass is 388 g/mol. The van der Waals surface area contributed by atoms with Gasteiger partial charge in [0.05, 0.1) is 5.60 Å². The van der Waals surface area contributed by atoms with Gasteiger partial charge in [0.15, 0.2) is 0 Å². The average molecular weight is 389 g/mol. The van der Waals surface area contributed by atoms with Crippen molar-refractivity contribution in [2.24, 2.45) is 0 Å². The number of hydrogen-bond acceptors (Lipinski definition) is 5. The van der Waals surface area contributed by atoms with Crippen molar-refractivity contribution in [3.8, 4) is 5.75 Å². The molecular weight excluding hydrogens is 352 g/mol. The third-order valence-electron chi connectivity index (χ3n) is 5.12. The topological polar surface area (TPSA) is 65.0 Å². The smallest absolute Gasteiger partial charge is 0.119 e. The Morgan fingerprint density at radius 3 is 2.36 bits per heavy atom. The number of nitrogens with one attached hydrogen (secondary N) is 1. The van der Waals surface area contributed by atoms with Crippen LogP contribution in [0.2, 0.25) is 0 Å². The van der Waals surface area contributed by atoms with Crippen LogP contribution < -0.4 is 10.1 Å². The zero-order valence-electron chi connectivity index (χ0n) is 17.0. The first kappa shape index (κ1) is 22.6. The fourth-order valence-corrected chi connectivity index (χ4v) is 3.59. The van der Waals surface area contributed by atoms with Crippen molar-refractivity contribution in [1.82, 2.24) is 10.2 Å². The molecule has 2 rings (SSSR count). The largest absolute Gasteiger partial charge is 0.491 e. The zero-order valence-corrected chi connectivity index (χ0v) is 17.0. The summed E-state index contributed by atoms with van der Waals surface area (Å²) >= 11 is 0. The van der Waals surface area contributed by atoms with Crippen molar-refractivity contribution in [3.63, 3.8) is 0 Å². The predicted octanol–water partition coefficient (Wildman–Crippen LogP) is 2.89. The Hall–Kier alpha value is -1.66. The molecule has 0 unspecified atom stereocenters. The number of hydrogen-bond donors (Lipinski definition) is 3. The summed E-state index contributed by atoms with van der Waals surface area (Å²) in [6.07, 6.45) is 7.80. The molecule has 156 valence electrons. The molecule has 0 aliphatic carbocycles. The highest BCUT2D eigenvalue weighted by atomic mass is 16.5. The van der Waals surface area contributed by atoms with E-state index in [2.05, 4.69) is 23.4 Å². The molecule has 1 saturated heterocycles. The first-order valence-corrected chi connectivity index (χ1v) is 10.3. The molecule has 0 bridgehead atoms. The average Bonchev–Trinajstić information content (AvgIpc) is 2.68. The molecule has 5 nitrogen and oxygen atoms in total. The number of benzene rings is 1. The summed E-state index contributed by atoms with van der Waals surface area (Å²) in [5, 5.41) is 24.0. The molecule has 0 radical (unpaired) electrons. The minimum absolute atomic E-state index is 0.310. The van der Waals surface area contributed by atoms with Gasteiger partial charge in [-0.2, -0.15) is 0 Å². The number of likely N-dealkylation sites (tertiary alicyclic amines) is 1. The lowest BCUT2D eigenvalue weighted by molar-refractivity contribution is 0.0461. The molecule has 3 N–H and O–H groups in total. The van der Waals surface area contributed by atoms with Gasteiger partial charge >= 0.3 is 0 Å². The number of β-amino-alcohol motifs (C(OH)–C–C–N with tert-alkyl or cyclic N) is 1.